The second-order valence-corrected chi connectivity index (χ2v) is 10.2. The average molecular weight is 410 g/mol. The maximum absolute atomic E-state index is 13.4. The highest BCUT2D eigenvalue weighted by Crippen LogP contribution is 2.60. The van der Waals surface area contributed by atoms with Gasteiger partial charge in [-0.1, -0.05) is 19.9 Å². The lowest BCUT2D eigenvalue weighted by atomic mass is 9.49. The number of aromatic nitrogens is 3. The molecule has 2 amide bonds. The molecule has 4 aliphatic carbocycles. The minimum atomic E-state index is -0.537. The zero-order valence-corrected chi connectivity index (χ0v) is 17.8. The highest BCUT2D eigenvalue weighted by molar-refractivity contribution is 5.90. The topological polar surface area (TPSA) is 88.4 Å². The SMILES string of the molecule is CC(C)[C@H](NC(=O)C12CC3CC(CC(C3)C1)C2)C(=O)NCc1nnc2ccccn12. The van der Waals surface area contributed by atoms with Gasteiger partial charge < -0.3 is 10.6 Å². The number of hydrogen-bond acceptors (Lipinski definition) is 4. The Balaban J connectivity index is 1.26. The van der Waals surface area contributed by atoms with Crippen LogP contribution in [0.2, 0.25) is 0 Å². The maximum Gasteiger partial charge on any atom is 0.243 e. The van der Waals surface area contributed by atoms with Gasteiger partial charge in [0.15, 0.2) is 11.5 Å². The van der Waals surface area contributed by atoms with Gasteiger partial charge in [0.05, 0.1) is 6.54 Å². The van der Waals surface area contributed by atoms with Gasteiger partial charge in [0.1, 0.15) is 6.04 Å². The summed E-state index contributed by atoms with van der Waals surface area (Å²) in [6.45, 7) is 4.24. The third kappa shape index (κ3) is 3.38. The summed E-state index contributed by atoms with van der Waals surface area (Å²) in [5.74, 6) is 2.74. The summed E-state index contributed by atoms with van der Waals surface area (Å²) < 4.78 is 1.86. The van der Waals surface area contributed by atoms with Crippen molar-refractivity contribution in [1.82, 2.24) is 25.2 Å². The van der Waals surface area contributed by atoms with Crippen LogP contribution >= 0.6 is 0 Å². The molecule has 2 aromatic rings. The van der Waals surface area contributed by atoms with E-state index in [9.17, 15) is 9.59 Å². The Morgan fingerprint density at radius 1 is 1.10 bits per heavy atom. The van der Waals surface area contributed by atoms with E-state index in [1.54, 1.807) is 0 Å². The number of pyridine rings is 1. The minimum Gasteiger partial charge on any atom is -0.347 e. The van der Waals surface area contributed by atoms with Crippen molar-refractivity contribution in [2.75, 3.05) is 0 Å². The smallest absolute Gasteiger partial charge is 0.243 e. The highest BCUT2D eigenvalue weighted by Gasteiger charge is 2.55. The van der Waals surface area contributed by atoms with E-state index in [0.717, 1.165) is 24.9 Å². The summed E-state index contributed by atoms with van der Waals surface area (Å²) in [5, 5.41) is 14.4. The number of nitrogens with one attached hydrogen (secondary N) is 2. The first-order valence-corrected chi connectivity index (χ1v) is 11.3. The molecule has 4 aliphatic rings. The molecular weight excluding hydrogens is 378 g/mol. The third-order valence-corrected chi connectivity index (χ3v) is 7.56. The Kier molecular flexibility index (Phi) is 4.79. The molecule has 4 bridgehead atoms. The molecule has 7 nitrogen and oxygen atoms in total. The molecule has 2 N–H and O–H groups in total. The summed E-state index contributed by atoms with van der Waals surface area (Å²) >= 11 is 0. The van der Waals surface area contributed by atoms with Crippen LogP contribution in [0, 0.1) is 29.1 Å². The molecule has 7 heteroatoms. The maximum atomic E-state index is 13.4. The molecule has 0 unspecified atom stereocenters. The van der Waals surface area contributed by atoms with Gasteiger partial charge in [0.2, 0.25) is 11.8 Å². The van der Waals surface area contributed by atoms with Gasteiger partial charge in [0.25, 0.3) is 0 Å². The molecule has 30 heavy (non-hydrogen) atoms. The van der Waals surface area contributed by atoms with E-state index in [2.05, 4.69) is 20.8 Å². The standard InChI is InChI=1S/C23H31N5O2/c1-14(2)20(21(29)24-13-19-27-26-18-5-3-4-6-28(18)19)25-22(30)23-10-15-7-16(11-23)9-17(8-15)12-23/h3-6,14-17,20H,7-13H2,1-2H3,(H,24,29)(H,25,30)/t15?,16?,17?,20-,23?/m0/s1. The van der Waals surface area contributed by atoms with E-state index in [-0.39, 0.29) is 29.7 Å². The fourth-order valence-electron chi connectivity index (χ4n) is 6.51. The van der Waals surface area contributed by atoms with Crippen LogP contribution in [-0.4, -0.2) is 32.5 Å². The second kappa shape index (κ2) is 7.36. The van der Waals surface area contributed by atoms with E-state index in [1.165, 1.54) is 19.3 Å². The van der Waals surface area contributed by atoms with Gasteiger partial charge in [-0.3, -0.25) is 14.0 Å². The zero-order valence-electron chi connectivity index (χ0n) is 17.8. The highest BCUT2D eigenvalue weighted by atomic mass is 16.2. The largest absolute Gasteiger partial charge is 0.347 e. The summed E-state index contributed by atoms with van der Waals surface area (Å²) in [5.41, 5.74) is 0.503. The van der Waals surface area contributed by atoms with Gasteiger partial charge in [0, 0.05) is 11.6 Å². The lowest BCUT2D eigenvalue weighted by molar-refractivity contribution is -0.149. The average Bonchev–Trinajstić information content (AvgIpc) is 3.12. The fourth-order valence-corrected chi connectivity index (χ4v) is 6.51. The fraction of sp³-hybridized carbons (Fsp3) is 0.652. The Labute approximate surface area is 177 Å². The molecule has 2 heterocycles. The van der Waals surface area contributed by atoms with Gasteiger partial charge in [-0.2, -0.15) is 0 Å². The van der Waals surface area contributed by atoms with Crippen LogP contribution < -0.4 is 10.6 Å². The number of carbonyl (C=O) groups is 2. The number of hydrogen-bond donors (Lipinski definition) is 2. The van der Waals surface area contributed by atoms with Gasteiger partial charge >= 0.3 is 0 Å². The van der Waals surface area contributed by atoms with Crippen molar-refractivity contribution in [3.05, 3.63) is 30.2 Å². The van der Waals surface area contributed by atoms with E-state index in [0.29, 0.717) is 23.6 Å². The number of rotatable bonds is 6. The minimum absolute atomic E-state index is 0.0120. The molecule has 4 saturated carbocycles. The molecule has 4 fully saturated rings. The lowest BCUT2D eigenvalue weighted by Gasteiger charge is -2.55. The molecule has 6 rings (SSSR count). The summed E-state index contributed by atoms with van der Waals surface area (Å²) in [6, 6.07) is 5.15. The molecule has 2 aromatic heterocycles. The molecule has 1 atom stereocenters. The van der Waals surface area contributed by atoms with Crippen LogP contribution in [0.4, 0.5) is 0 Å². The molecular formula is C23H31N5O2. The number of carbonyl (C=O) groups excluding carboxylic acids is 2. The van der Waals surface area contributed by atoms with Crippen molar-refractivity contribution >= 4 is 17.5 Å². The van der Waals surface area contributed by atoms with Crippen molar-refractivity contribution in [2.45, 2.75) is 65.0 Å². The predicted octanol–water partition coefficient (Wildman–Crippen LogP) is 2.70. The predicted molar refractivity (Wildman–Crippen MR) is 112 cm³/mol. The van der Waals surface area contributed by atoms with Crippen LogP contribution in [0.15, 0.2) is 24.4 Å². The normalized spacial score (nSPS) is 30.6. The van der Waals surface area contributed by atoms with Gasteiger partial charge in [-0.15, -0.1) is 10.2 Å². The van der Waals surface area contributed by atoms with Crippen molar-refractivity contribution in [3.63, 3.8) is 0 Å². The molecule has 160 valence electrons. The van der Waals surface area contributed by atoms with E-state index in [1.807, 2.05) is 42.6 Å². The van der Waals surface area contributed by atoms with Gasteiger partial charge in [-0.25, -0.2) is 0 Å². The molecule has 0 radical (unpaired) electrons. The Morgan fingerprint density at radius 3 is 2.40 bits per heavy atom. The first-order valence-electron chi connectivity index (χ1n) is 11.3. The summed E-state index contributed by atoms with van der Waals surface area (Å²) in [6.07, 6.45) is 8.79. The van der Waals surface area contributed by atoms with E-state index >= 15 is 0 Å². The monoisotopic (exact) mass is 409 g/mol. The Bertz CT molecular complexity index is 930. The number of amides is 2. The van der Waals surface area contributed by atoms with E-state index < -0.39 is 6.04 Å². The zero-order chi connectivity index (χ0) is 20.9. The molecule has 0 saturated heterocycles. The second-order valence-electron chi connectivity index (χ2n) is 10.2. The summed E-state index contributed by atoms with van der Waals surface area (Å²) in [4.78, 5) is 26.4. The first-order chi connectivity index (χ1) is 14.4. The first kappa shape index (κ1) is 19.5. The van der Waals surface area contributed by atoms with Crippen LogP contribution in [0.25, 0.3) is 5.65 Å². The number of nitrogens with zero attached hydrogens (tertiary/aromatic N) is 3. The van der Waals surface area contributed by atoms with Crippen molar-refractivity contribution in [2.24, 2.45) is 29.1 Å². The quantitative estimate of drug-likeness (QED) is 0.768. The molecule has 0 aromatic carbocycles. The van der Waals surface area contributed by atoms with Crippen molar-refractivity contribution < 1.29 is 9.59 Å². The Morgan fingerprint density at radius 2 is 1.77 bits per heavy atom. The lowest BCUT2D eigenvalue weighted by Crippen LogP contribution is -2.58. The summed E-state index contributed by atoms with van der Waals surface area (Å²) in [7, 11) is 0. The Hall–Kier alpha value is -2.44. The van der Waals surface area contributed by atoms with Crippen LogP contribution in [0.1, 0.15) is 58.2 Å². The molecule has 0 aliphatic heterocycles. The number of fused-ring (bicyclic) bond motifs is 1. The van der Waals surface area contributed by atoms with Crippen LogP contribution in [-0.2, 0) is 16.1 Å². The third-order valence-electron chi connectivity index (χ3n) is 7.56. The van der Waals surface area contributed by atoms with Crippen LogP contribution in [0.3, 0.4) is 0 Å². The van der Waals surface area contributed by atoms with Gasteiger partial charge in [-0.05, 0) is 74.3 Å². The van der Waals surface area contributed by atoms with Crippen LogP contribution in [0.5, 0.6) is 0 Å². The van der Waals surface area contributed by atoms with Crippen molar-refractivity contribution in [3.8, 4) is 0 Å². The molecule has 0 spiro atoms. The van der Waals surface area contributed by atoms with Crippen molar-refractivity contribution in [1.29, 1.82) is 0 Å². The van der Waals surface area contributed by atoms with E-state index in [4.69, 9.17) is 0 Å².